The Bertz CT molecular complexity index is 435. The molecule has 0 bridgehead atoms. The normalized spacial score (nSPS) is 11.7. The summed E-state index contributed by atoms with van der Waals surface area (Å²) in [6.45, 7) is 0. The van der Waals surface area contributed by atoms with Crippen LogP contribution in [0.2, 0.25) is 0 Å². The van der Waals surface area contributed by atoms with E-state index in [1.807, 2.05) is 0 Å². The molecule has 0 atom stereocenters. The van der Waals surface area contributed by atoms with E-state index in [-0.39, 0.29) is 11.6 Å². The van der Waals surface area contributed by atoms with Crippen LogP contribution in [-0.2, 0) is 6.18 Å². The molecule has 78 valence electrons. The highest BCUT2D eigenvalue weighted by atomic mass is 19.4. The number of hydrogen-bond donors (Lipinski definition) is 0. The van der Waals surface area contributed by atoms with Gasteiger partial charge in [-0.3, -0.25) is 4.98 Å². The summed E-state index contributed by atoms with van der Waals surface area (Å²) in [6, 6.07) is 2.09. The Balaban J connectivity index is 2.33. The summed E-state index contributed by atoms with van der Waals surface area (Å²) in [4.78, 5) is 7.23. The molecule has 0 aromatic carbocycles. The van der Waals surface area contributed by atoms with Gasteiger partial charge in [-0.25, -0.2) is 0 Å². The lowest BCUT2D eigenvalue weighted by Crippen LogP contribution is -2.05. The summed E-state index contributed by atoms with van der Waals surface area (Å²) in [5, 5.41) is 3.32. The number of nitrogens with zero attached hydrogens (tertiary/aromatic N) is 3. The summed E-state index contributed by atoms with van der Waals surface area (Å²) in [6.07, 6.45) is -2.52. The second-order valence-electron chi connectivity index (χ2n) is 2.68. The summed E-state index contributed by atoms with van der Waals surface area (Å²) in [5.41, 5.74) is -0.605. The molecule has 15 heavy (non-hydrogen) atoms. The molecule has 0 spiro atoms. The molecule has 0 aliphatic heterocycles. The average Bonchev–Trinajstić information content (AvgIpc) is 2.69. The van der Waals surface area contributed by atoms with E-state index < -0.39 is 11.7 Å². The average molecular weight is 215 g/mol. The number of hydrogen-bond acceptors (Lipinski definition) is 4. The topological polar surface area (TPSA) is 51.8 Å². The molecular weight excluding hydrogens is 211 g/mol. The summed E-state index contributed by atoms with van der Waals surface area (Å²) in [5.74, 6) is 0.0868. The zero-order valence-corrected chi connectivity index (χ0v) is 7.19. The fraction of sp³-hybridized carbons (Fsp3) is 0.125. The fourth-order valence-electron chi connectivity index (χ4n) is 0.974. The molecule has 0 amide bonds. The van der Waals surface area contributed by atoms with Crippen LogP contribution in [0.4, 0.5) is 13.2 Å². The van der Waals surface area contributed by atoms with Crippen LogP contribution in [0.25, 0.3) is 11.6 Å². The van der Waals surface area contributed by atoms with Crippen molar-refractivity contribution in [3.8, 4) is 11.6 Å². The van der Waals surface area contributed by atoms with E-state index in [0.29, 0.717) is 0 Å². The summed E-state index contributed by atoms with van der Waals surface area (Å²) < 4.78 is 41.2. The molecule has 0 N–H and O–H groups in total. The van der Waals surface area contributed by atoms with E-state index in [1.54, 1.807) is 0 Å². The lowest BCUT2D eigenvalue weighted by molar-refractivity contribution is -0.137. The monoisotopic (exact) mass is 215 g/mol. The van der Waals surface area contributed by atoms with Crippen molar-refractivity contribution < 1.29 is 17.7 Å². The van der Waals surface area contributed by atoms with E-state index >= 15 is 0 Å². The maximum Gasteiger partial charge on any atom is 0.417 e. The Morgan fingerprint density at radius 3 is 2.40 bits per heavy atom. The van der Waals surface area contributed by atoms with Crippen LogP contribution in [0.1, 0.15) is 5.56 Å². The smallest absolute Gasteiger partial charge is 0.333 e. The minimum atomic E-state index is -4.39. The van der Waals surface area contributed by atoms with Crippen molar-refractivity contribution in [1.29, 1.82) is 0 Å². The highest BCUT2D eigenvalue weighted by Gasteiger charge is 2.30. The Morgan fingerprint density at radius 2 is 1.93 bits per heavy atom. The third kappa shape index (κ3) is 1.95. The van der Waals surface area contributed by atoms with Crippen LogP contribution in [0.15, 0.2) is 29.2 Å². The second kappa shape index (κ2) is 3.34. The maximum absolute atomic E-state index is 12.2. The van der Waals surface area contributed by atoms with E-state index in [2.05, 4.69) is 19.6 Å². The largest absolute Gasteiger partial charge is 0.417 e. The predicted octanol–water partition coefficient (Wildman–Crippen LogP) is 2.15. The predicted molar refractivity (Wildman–Crippen MR) is 42.5 cm³/mol. The first-order valence-electron chi connectivity index (χ1n) is 3.87. The molecule has 4 nitrogen and oxygen atoms in total. The number of rotatable bonds is 1. The summed E-state index contributed by atoms with van der Waals surface area (Å²) in [7, 11) is 0. The highest BCUT2D eigenvalue weighted by molar-refractivity contribution is 5.46. The van der Waals surface area contributed by atoms with Gasteiger partial charge in [0.25, 0.3) is 5.89 Å². The molecule has 0 unspecified atom stereocenters. The first-order valence-corrected chi connectivity index (χ1v) is 3.87. The molecule has 0 saturated heterocycles. The van der Waals surface area contributed by atoms with Crippen molar-refractivity contribution in [3.05, 3.63) is 30.2 Å². The molecule has 0 radical (unpaired) electrons. The van der Waals surface area contributed by atoms with Crippen LogP contribution in [0, 0.1) is 0 Å². The van der Waals surface area contributed by atoms with Gasteiger partial charge < -0.3 is 4.52 Å². The lowest BCUT2D eigenvalue weighted by atomic mass is 10.2. The zero-order valence-electron chi connectivity index (χ0n) is 7.19. The van der Waals surface area contributed by atoms with Gasteiger partial charge in [0.1, 0.15) is 5.69 Å². The molecule has 2 heterocycles. The number of aromatic nitrogens is 3. The van der Waals surface area contributed by atoms with Crippen LogP contribution < -0.4 is 0 Å². The fourth-order valence-corrected chi connectivity index (χ4v) is 0.974. The lowest BCUT2D eigenvalue weighted by Gasteiger charge is -2.04. The first kappa shape index (κ1) is 9.63. The van der Waals surface area contributed by atoms with Gasteiger partial charge in [0.2, 0.25) is 0 Å². The number of pyridine rings is 1. The van der Waals surface area contributed by atoms with E-state index in [4.69, 9.17) is 0 Å². The van der Waals surface area contributed by atoms with Gasteiger partial charge in [-0.1, -0.05) is 5.16 Å². The van der Waals surface area contributed by atoms with Crippen molar-refractivity contribution in [3.63, 3.8) is 0 Å². The third-order valence-corrected chi connectivity index (χ3v) is 1.67. The maximum atomic E-state index is 12.2. The standard InChI is InChI=1S/C8H4F3N3O/c9-8(10,11)5-1-2-6(12-3-5)7-13-4-14-15-7/h1-4H. The molecule has 0 aliphatic carbocycles. The SMILES string of the molecule is FC(F)(F)c1ccc(-c2ncno2)nc1. The Hall–Kier alpha value is -1.92. The third-order valence-electron chi connectivity index (χ3n) is 1.67. The summed E-state index contributed by atoms with van der Waals surface area (Å²) >= 11 is 0. The van der Waals surface area contributed by atoms with Gasteiger partial charge >= 0.3 is 6.18 Å². The van der Waals surface area contributed by atoms with Crippen LogP contribution in [0.5, 0.6) is 0 Å². The molecule has 0 fully saturated rings. The number of alkyl halides is 3. The minimum absolute atomic E-state index is 0.0868. The van der Waals surface area contributed by atoms with Gasteiger partial charge in [0, 0.05) is 6.20 Å². The molecule has 2 aromatic rings. The number of halogens is 3. The molecule has 7 heteroatoms. The first-order chi connectivity index (χ1) is 7.07. The van der Waals surface area contributed by atoms with Gasteiger partial charge in [0.05, 0.1) is 5.56 Å². The van der Waals surface area contributed by atoms with E-state index in [9.17, 15) is 13.2 Å². The Morgan fingerprint density at radius 1 is 1.13 bits per heavy atom. The van der Waals surface area contributed by atoms with Gasteiger partial charge in [-0.05, 0) is 12.1 Å². The molecule has 2 rings (SSSR count). The van der Waals surface area contributed by atoms with Gasteiger partial charge in [-0.15, -0.1) is 0 Å². The van der Waals surface area contributed by atoms with Gasteiger partial charge in [0.15, 0.2) is 6.33 Å². The van der Waals surface area contributed by atoms with Crippen LogP contribution in [0.3, 0.4) is 0 Å². The van der Waals surface area contributed by atoms with Crippen LogP contribution in [-0.4, -0.2) is 15.1 Å². The van der Waals surface area contributed by atoms with E-state index in [1.165, 1.54) is 6.07 Å². The van der Waals surface area contributed by atoms with Crippen molar-refractivity contribution in [2.24, 2.45) is 0 Å². The van der Waals surface area contributed by atoms with Crippen molar-refractivity contribution in [2.45, 2.75) is 6.18 Å². The van der Waals surface area contributed by atoms with Crippen molar-refractivity contribution in [2.75, 3.05) is 0 Å². The van der Waals surface area contributed by atoms with E-state index in [0.717, 1.165) is 18.6 Å². The Kier molecular flexibility index (Phi) is 2.14. The van der Waals surface area contributed by atoms with Crippen molar-refractivity contribution >= 4 is 0 Å². The van der Waals surface area contributed by atoms with Crippen molar-refractivity contribution in [1.82, 2.24) is 15.1 Å². The van der Waals surface area contributed by atoms with Crippen LogP contribution >= 0.6 is 0 Å². The highest BCUT2D eigenvalue weighted by Crippen LogP contribution is 2.29. The molecule has 2 aromatic heterocycles. The quantitative estimate of drug-likeness (QED) is 0.731. The molecule has 0 aliphatic rings. The molecule has 0 saturated carbocycles. The molecular formula is C8H4F3N3O. The second-order valence-corrected chi connectivity index (χ2v) is 2.68. The minimum Gasteiger partial charge on any atom is -0.333 e. The zero-order chi connectivity index (χ0) is 10.9. The Labute approximate surface area is 81.8 Å². The van der Waals surface area contributed by atoms with Gasteiger partial charge in [-0.2, -0.15) is 18.2 Å².